The van der Waals surface area contributed by atoms with E-state index in [0.29, 0.717) is 23.0 Å². The summed E-state index contributed by atoms with van der Waals surface area (Å²) < 4.78 is 0. The van der Waals surface area contributed by atoms with E-state index in [1.165, 1.54) is 11.8 Å². The Kier molecular flexibility index (Phi) is 6.53. The summed E-state index contributed by atoms with van der Waals surface area (Å²) in [6.45, 7) is 7.87. The van der Waals surface area contributed by atoms with Gasteiger partial charge in [0.2, 0.25) is 0 Å². The van der Waals surface area contributed by atoms with Crippen LogP contribution < -0.4 is 10.6 Å². The number of nitrogens with zero attached hydrogens (tertiary/aromatic N) is 1. The van der Waals surface area contributed by atoms with Gasteiger partial charge in [0.25, 0.3) is 5.91 Å². The maximum absolute atomic E-state index is 12.8. The number of halogens is 1. The van der Waals surface area contributed by atoms with Gasteiger partial charge in [-0.25, -0.2) is 4.98 Å². The van der Waals surface area contributed by atoms with Crippen molar-refractivity contribution in [3.8, 4) is 0 Å². The van der Waals surface area contributed by atoms with E-state index in [1.54, 1.807) is 6.92 Å². The van der Waals surface area contributed by atoms with Crippen LogP contribution in [0.3, 0.4) is 0 Å². The summed E-state index contributed by atoms with van der Waals surface area (Å²) in [5.74, 6) is 0.489. The maximum Gasteiger partial charge on any atom is 0.258 e. The Labute approximate surface area is 182 Å². The van der Waals surface area contributed by atoms with Crippen LogP contribution in [-0.4, -0.2) is 16.6 Å². The normalized spacial score (nSPS) is 10.7. The Morgan fingerprint density at radius 2 is 1.63 bits per heavy atom. The highest BCUT2D eigenvalue weighted by Gasteiger charge is 2.20. The number of benzene rings is 2. The minimum atomic E-state index is -0.366. The molecule has 30 heavy (non-hydrogen) atoms. The molecule has 0 aliphatic heterocycles. The van der Waals surface area contributed by atoms with E-state index in [4.69, 9.17) is 17.0 Å². The smallest absolute Gasteiger partial charge is 0.258 e. The first-order valence-electron chi connectivity index (χ1n) is 9.75. The Hall–Kier alpha value is -3.18. The second kappa shape index (κ2) is 9.09. The van der Waals surface area contributed by atoms with Crippen molar-refractivity contribution in [3.63, 3.8) is 0 Å². The van der Waals surface area contributed by atoms with Crippen LogP contribution in [0.5, 0.6) is 0 Å². The lowest BCUT2D eigenvalue weighted by molar-refractivity contribution is 0.102. The molecule has 0 atom stereocenters. The first-order valence-corrected chi connectivity index (χ1v) is 10.1. The highest BCUT2D eigenvalue weighted by Crippen LogP contribution is 2.30. The molecule has 0 radical (unpaired) electrons. The van der Waals surface area contributed by atoms with Gasteiger partial charge in [0.1, 0.15) is 5.82 Å². The maximum atomic E-state index is 12.8. The molecule has 0 bridgehead atoms. The molecule has 2 aromatic carbocycles. The van der Waals surface area contributed by atoms with Gasteiger partial charge in [0.05, 0.1) is 16.1 Å². The molecule has 0 saturated heterocycles. The average molecular weight is 421 g/mol. The molecule has 6 heteroatoms. The molecular weight excluding hydrogens is 396 g/mol. The Bertz CT molecular complexity index is 1070. The molecule has 1 aromatic heterocycles. The van der Waals surface area contributed by atoms with Crippen molar-refractivity contribution < 1.29 is 4.79 Å². The van der Waals surface area contributed by atoms with Gasteiger partial charge in [-0.3, -0.25) is 4.79 Å². The Morgan fingerprint density at radius 3 is 2.20 bits per heavy atom. The number of aryl methyl sites for hydroxylation is 1. The second-order valence-corrected chi connectivity index (χ2v) is 7.93. The minimum Gasteiger partial charge on any atom is -0.340 e. The minimum absolute atomic E-state index is 0.198. The van der Waals surface area contributed by atoms with Crippen molar-refractivity contribution in [2.45, 2.75) is 33.6 Å². The topological polar surface area (TPSA) is 77.9 Å². The van der Waals surface area contributed by atoms with E-state index in [2.05, 4.69) is 29.5 Å². The molecule has 154 valence electrons. The van der Waals surface area contributed by atoms with Crippen LogP contribution in [0, 0.1) is 12.3 Å². The number of hydrogen-bond acceptors (Lipinski definition) is 4. The van der Waals surface area contributed by atoms with E-state index in [-0.39, 0.29) is 22.2 Å². The quantitative estimate of drug-likeness (QED) is 0.395. The van der Waals surface area contributed by atoms with Crippen LogP contribution in [0.1, 0.15) is 53.7 Å². The van der Waals surface area contributed by atoms with Gasteiger partial charge in [-0.05, 0) is 49.6 Å². The molecule has 3 rings (SSSR count). The first kappa shape index (κ1) is 21.5. The van der Waals surface area contributed by atoms with Gasteiger partial charge in [-0.2, -0.15) is 0 Å². The summed E-state index contributed by atoms with van der Waals surface area (Å²) in [5, 5.41) is 14.4. The Balaban J connectivity index is 1.88. The van der Waals surface area contributed by atoms with Gasteiger partial charge >= 0.3 is 0 Å². The average Bonchev–Trinajstić information content (AvgIpc) is 2.70. The summed E-state index contributed by atoms with van der Waals surface area (Å²) in [4.78, 5) is 17.2. The zero-order chi connectivity index (χ0) is 21.8. The molecule has 1 amide bonds. The molecule has 0 unspecified atom stereocenters. The fraction of sp³-hybridized carbons (Fsp3) is 0.208. The fourth-order valence-electron chi connectivity index (χ4n) is 3.01. The zero-order valence-electron chi connectivity index (χ0n) is 17.5. The largest absolute Gasteiger partial charge is 0.340 e. The standard InChI is InChI=1S/C24H25ClN4O/c1-14(2)17-7-11-19(12-8-17)29-24(30)20-13-27-23(21(16(4)26)22(20)25)28-18-9-5-15(3)6-10-18/h5-14,26H,1-4H3,(H,27,28)(H,29,30). The number of hydrogen-bond donors (Lipinski definition) is 3. The molecule has 3 N–H and O–H groups in total. The van der Waals surface area contributed by atoms with Crippen LogP contribution in [0.25, 0.3) is 0 Å². The SMILES string of the molecule is CC(=N)c1c(Nc2ccc(C)cc2)ncc(C(=O)Nc2ccc(C(C)C)cc2)c1Cl. The van der Waals surface area contributed by atoms with Crippen molar-refractivity contribution in [1.82, 2.24) is 4.98 Å². The number of carbonyl (C=O) groups excluding carboxylic acids is 1. The summed E-state index contributed by atoms with van der Waals surface area (Å²) >= 11 is 6.55. The Morgan fingerprint density at radius 1 is 1.03 bits per heavy atom. The van der Waals surface area contributed by atoms with Crippen molar-refractivity contribution in [2.24, 2.45) is 0 Å². The van der Waals surface area contributed by atoms with Crippen LogP contribution >= 0.6 is 11.6 Å². The molecule has 5 nitrogen and oxygen atoms in total. The number of anilines is 3. The zero-order valence-corrected chi connectivity index (χ0v) is 18.3. The number of rotatable bonds is 6. The molecule has 3 aromatic rings. The van der Waals surface area contributed by atoms with Crippen molar-refractivity contribution in [2.75, 3.05) is 10.6 Å². The second-order valence-electron chi connectivity index (χ2n) is 7.56. The summed E-state index contributed by atoms with van der Waals surface area (Å²) in [7, 11) is 0. The van der Waals surface area contributed by atoms with E-state index < -0.39 is 0 Å². The number of pyridine rings is 1. The highest BCUT2D eigenvalue weighted by atomic mass is 35.5. The van der Waals surface area contributed by atoms with Crippen LogP contribution in [0.15, 0.2) is 54.7 Å². The number of nitrogens with one attached hydrogen (secondary N) is 3. The van der Waals surface area contributed by atoms with E-state index in [9.17, 15) is 4.79 Å². The molecular formula is C24H25ClN4O. The van der Waals surface area contributed by atoms with Crippen molar-refractivity contribution in [3.05, 3.63) is 82.0 Å². The number of amides is 1. The van der Waals surface area contributed by atoms with Crippen molar-refractivity contribution >= 4 is 40.4 Å². The third-order valence-corrected chi connectivity index (χ3v) is 5.18. The van der Waals surface area contributed by atoms with Crippen LogP contribution in [0.2, 0.25) is 5.02 Å². The lowest BCUT2D eigenvalue weighted by Crippen LogP contribution is -2.15. The third kappa shape index (κ3) is 4.86. The lowest BCUT2D eigenvalue weighted by Gasteiger charge is -2.15. The van der Waals surface area contributed by atoms with Crippen LogP contribution in [-0.2, 0) is 0 Å². The van der Waals surface area contributed by atoms with Gasteiger partial charge in [0, 0.05) is 23.3 Å². The molecule has 0 aliphatic carbocycles. The van der Waals surface area contributed by atoms with Gasteiger partial charge in [-0.15, -0.1) is 0 Å². The number of aromatic nitrogens is 1. The molecule has 0 spiro atoms. The third-order valence-electron chi connectivity index (χ3n) is 4.78. The molecule has 0 saturated carbocycles. The van der Waals surface area contributed by atoms with E-state index >= 15 is 0 Å². The lowest BCUT2D eigenvalue weighted by atomic mass is 10.0. The molecule has 1 heterocycles. The summed E-state index contributed by atoms with van der Waals surface area (Å²) in [6, 6.07) is 15.5. The van der Waals surface area contributed by atoms with Gasteiger partial charge < -0.3 is 16.0 Å². The number of carbonyl (C=O) groups is 1. The predicted octanol–water partition coefficient (Wildman–Crippen LogP) is 6.55. The van der Waals surface area contributed by atoms with E-state index in [1.807, 2.05) is 55.5 Å². The van der Waals surface area contributed by atoms with Crippen molar-refractivity contribution in [1.29, 1.82) is 5.41 Å². The van der Waals surface area contributed by atoms with Gasteiger partial charge in [-0.1, -0.05) is 55.3 Å². The summed E-state index contributed by atoms with van der Waals surface area (Å²) in [5.41, 5.74) is 4.69. The highest BCUT2D eigenvalue weighted by molar-refractivity contribution is 6.38. The van der Waals surface area contributed by atoms with Crippen LogP contribution in [0.4, 0.5) is 17.2 Å². The van der Waals surface area contributed by atoms with Gasteiger partial charge in [0.15, 0.2) is 0 Å². The monoisotopic (exact) mass is 420 g/mol. The molecule has 0 fully saturated rings. The first-order chi connectivity index (χ1) is 14.3. The predicted molar refractivity (Wildman–Crippen MR) is 125 cm³/mol. The summed E-state index contributed by atoms with van der Waals surface area (Å²) in [6.07, 6.45) is 1.43. The molecule has 0 aliphatic rings. The fourth-order valence-corrected chi connectivity index (χ4v) is 3.37. The van der Waals surface area contributed by atoms with E-state index in [0.717, 1.165) is 11.3 Å².